The summed E-state index contributed by atoms with van der Waals surface area (Å²) in [6.07, 6.45) is 5.66. The van der Waals surface area contributed by atoms with Gasteiger partial charge in [0.05, 0.1) is 18.4 Å². The number of methoxy groups -OCH3 is 1. The first-order valence-corrected chi connectivity index (χ1v) is 21.5. The maximum absolute atomic E-state index is 14.9. The van der Waals surface area contributed by atoms with Gasteiger partial charge in [0.15, 0.2) is 17.2 Å². The molecule has 1 aromatic carbocycles. The number of benzene rings is 1. The van der Waals surface area contributed by atoms with Gasteiger partial charge in [-0.15, -0.1) is 0 Å². The van der Waals surface area contributed by atoms with Crippen molar-refractivity contribution in [1.82, 2.24) is 25.2 Å². The van der Waals surface area contributed by atoms with Crippen molar-refractivity contribution in [3.8, 4) is 11.6 Å². The summed E-state index contributed by atoms with van der Waals surface area (Å²) in [7, 11) is -2.75. The van der Waals surface area contributed by atoms with Crippen LogP contribution in [0, 0.1) is 23.6 Å². The zero-order valence-corrected chi connectivity index (χ0v) is 35.2. The fourth-order valence-electron chi connectivity index (χ4n) is 7.85. The molecule has 2 saturated carbocycles. The first kappa shape index (κ1) is 44.0. The third-order valence-corrected chi connectivity index (χ3v) is 14.7. The molecule has 14 nitrogen and oxygen atoms in total. The number of ether oxygens (including phenoxy) is 3. The van der Waals surface area contributed by atoms with Crippen LogP contribution in [0.1, 0.15) is 92.9 Å². The first-order chi connectivity index (χ1) is 27.5. The largest absolute Gasteiger partial charge is 0.494 e. The Labute approximate surface area is 342 Å². The highest BCUT2D eigenvalue weighted by Gasteiger charge is 2.63. The monoisotopic (exact) mass is 849 g/mol. The molecule has 1 aromatic heterocycles. The molecule has 324 valence electrons. The summed E-state index contributed by atoms with van der Waals surface area (Å²) in [5.74, 6) is -7.59. The number of halogens is 3. The molecule has 4 aliphatic rings. The second kappa shape index (κ2) is 16.1. The highest BCUT2D eigenvalue weighted by molar-refractivity contribution is 7.91. The molecular weight excluding hydrogens is 796 g/mol. The number of rotatable bonds is 10. The number of carbonyl (C=O) groups excluding carboxylic acids is 4. The van der Waals surface area contributed by atoms with Gasteiger partial charge in [-0.25, -0.2) is 31.4 Å². The van der Waals surface area contributed by atoms with E-state index in [2.05, 4.69) is 20.3 Å². The van der Waals surface area contributed by atoms with Gasteiger partial charge in [0.25, 0.3) is 11.8 Å². The molecule has 0 spiro atoms. The van der Waals surface area contributed by atoms with Crippen molar-refractivity contribution in [2.75, 3.05) is 13.7 Å². The zero-order chi connectivity index (χ0) is 43.3. The van der Waals surface area contributed by atoms with E-state index in [-0.39, 0.29) is 42.3 Å². The van der Waals surface area contributed by atoms with E-state index in [4.69, 9.17) is 14.2 Å². The molecular formula is C41H54F3N5O9S. The lowest BCUT2D eigenvalue weighted by molar-refractivity contribution is -0.152. The Balaban J connectivity index is 1.38. The van der Waals surface area contributed by atoms with Crippen molar-refractivity contribution in [2.24, 2.45) is 17.8 Å². The summed E-state index contributed by atoms with van der Waals surface area (Å²) < 4.78 is 88.0. The number of nitrogens with one attached hydrogen (secondary N) is 3. The van der Waals surface area contributed by atoms with Gasteiger partial charge in [0, 0.05) is 30.8 Å². The molecule has 0 radical (unpaired) electrons. The van der Waals surface area contributed by atoms with Crippen LogP contribution >= 0.6 is 0 Å². The Bertz CT molecular complexity index is 2130. The SMILES string of the molecule is CC[C@@H]1C[C@H](C)CC/C=C\[C@@H]2C[C@@]2(C(=O)NS(=O)(=O)C2(C)CC2)NC(=O)[C@@H]2C[C@@H](Oc3nccc4cc(OC)c(F)cc34)CN2C(=O)C1NC(=O)OC(C)(C)C(C)(F)F. The number of fused-ring (bicyclic) bond motifs is 3. The fourth-order valence-corrected chi connectivity index (χ4v) is 9.16. The van der Waals surface area contributed by atoms with Crippen LogP contribution in [0.2, 0.25) is 0 Å². The van der Waals surface area contributed by atoms with Gasteiger partial charge in [-0.2, -0.15) is 0 Å². The second-order valence-electron chi connectivity index (χ2n) is 17.4. The molecule has 2 aliphatic carbocycles. The third-order valence-electron chi connectivity index (χ3n) is 12.6. The van der Waals surface area contributed by atoms with Gasteiger partial charge >= 0.3 is 6.09 Å². The lowest BCUT2D eigenvalue weighted by atomic mass is 9.85. The van der Waals surface area contributed by atoms with Gasteiger partial charge in [-0.3, -0.25) is 19.1 Å². The summed E-state index contributed by atoms with van der Waals surface area (Å²) in [6, 6.07) is 1.62. The van der Waals surface area contributed by atoms with Crippen molar-refractivity contribution in [3.05, 3.63) is 42.4 Å². The minimum Gasteiger partial charge on any atom is -0.494 e. The number of nitrogens with zero attached hydrogens (tertiary/aromatic N) is 2. The van der Waals surface area contributed by atoms with Gasteiger partial charge < -0.3 is 29.7 Å². The van der Waals surface area contributed by atoms with Crippen LogP contribution in [-0.2, 0) is 29.1 Å². The minimum atomic E-state index is -4.08. The topological polar surface area (TPSA) is 182 Å². The predicted molar refractivity (Wildman–Crippen MR) is 211 cm³/mol. The molecule has 3 heterocycles. The molecule has 4 amide bonds. The smallest absolute Gasteiger partial charge is 0.408 e. The van der Waals surface area contributed by atoms with E-state index in [1.807, 2.05) is 19.9 Å². The summed E-state index contributed by atoms with van der Waals surface area (Å²) in [5, 5.41) is 6.19. The number of aromatic nitrogens is 1. The molecule has 18 heteroatoms. The van der Waals surface area contributed by atoms with Crippen molar-refractivity contribution in [2.45, 2.75) is 133 Å². The van der Waals surface area contributed by atoms with E-state index in [9.17, 15) is 40.8 Å². The average molecular weight is 850 g/mol. The van der Waals surface area contributed by atoms with E-state index in [0.717, 1.165) is 13.8 Å². The molecule has 7 atom stereocenters. The van der Waals surface area contributed by atoms with Crippen LogP contribution in [0.4, 0.5) is 18.0 Å². The minimum absolute atomic E-state index is 0.00220. The van der Waals surface area contributed by atoms with E-state index in [1.54, 1.807) is 12.1 Å². The first-order valence-electron chi connectivity index (χ1n) is 20.1. The number of amides is 4. The molecule has 2 aliphatic heterocycles. The van der Waals surface area contributed by atoms with Crippen LogP contribution in [0.25, 0.3) is 10.8 Å². The van der Waals surface area contributed by atoms with Crippen LogP contribution in [0.3, 0.4) is 0 Å². The number of allylic oxidation sites excluding steroid dienone is 1. The maximum atomic E-state index is 14.9. The van der Waals surface area contributed by atoms with Crippen molar-refractivity contribution in [3.63, 3.8) is 0 Å². The Kier molecular flexibility index (Phi) is 12.0. The number of sulfonamides is 1. The number of alkyl halides is 2. The van der Waals surface area contributed by atoms with E-state index in [0.29, 0.717) is 50.8 Å². The normalized spacial score (nSPS) is 29.2. The van der Waals surface area contributed by atoms with Crippen molar-refractivity contribution >= 4 is 44.6 Å². The molecule has 0 bridgehead atoms. The van der Waals surface area contributed by atoms with Crippen LogP contribution in [-0.4, -0.2) is 95.8 Å². The Morgan fingerprint density at radius 3 is 2.49 bits per heavy atom. The Hall–Kier alpha value is -4.61. The van der Waals surface area contributed by atoms with Gasteiger partial charge in [-0.05, 0) is 94.7 Å². The average Bonchev–Trinajstić information content (AvgIpc) is 4.03. The maximum Gasteiger partial charge on any atom is 0.408 e. The zero-order valence-electron chi connectivity index (χ0n) is 34.4. The molecule has 2 aromatic rings. The molecule has 59 heavy (non-hydrogen) atoms. The molecule has 1 saturated heterocycles. The number of hydrogen-bond acceptors (Lipinski definition) is 10. The predicted octanol–water partition coefficient (Wildman–Crippen LogP) is 5.54. The Morgan fingerprint density at radius 1 is 1.14 bits per heavy atom. The molecule has 6 rings (SSSR count). The standard InChI is InChI=1S/C41H54F3N5O9S/c1-8-24-17-23(2)11-9-10-12-26-21-41(26,36(52)48-59(54,55)39(5)14-15-39)47-33(50)30-19-27(57-34-28-20-29(42)31(56-7)18-25(28)13-16-45-34)22-49(30)35(51)32(24)46-37(53)58-38(3,4)40(6,43)44/h10,12-13,16,18,20,23-24,26-27,30,32H,8-9,11,14-15,17,19,21-22H2,1-7H3,(H,46,53)(H,47,50)(H,48,52)/b12-10-/t23-,24-,26-,27-,30+,32?,41-/m1/s1. The highest BCUT2D eigenvalue weighted by Crippen LogP contribution is 2.48. The molecule has 3 N–H and O–H groups in total. The number of pyridine rings is 1. The summed E-state index contributed by atoms with van der Waals surface area (Å²) in [6.45, 7) is 7.83. The van der Waals surface area contributed by atoms with Gasteiger partial charge in [0.1, 0.15) is 23.7 Å². The lowest BCUT2D eigenvalue weighted by Gasteiger charge is -2.35. The number of alkyl carbamates (subject to hydrolysis) is 1. The van der Waals surface area contributed by atoms with Gasteiger partial charge in [-0.1, -0.05) is 32.4 Å². The Morgan fingerprint density at radius 2 is 1.85 bits per heavy atom. The van der Waals surface area contributed by atoms with E-state index < -0.39 is 91.5 Å². The van der Waals surface area contributed by atoms with Crippen LogP contribution in [0.15, 0.2) is 36.5 Å². The highest BCUT2D eigenvalue weighted by atomic mass is 32.2. The van der Waals surface area contributed by atoms with Gasteiger partial charge in [0.2, 0.25) is 27.7 Å². The lowest BCUT2D eigenvalue weighted by Crippen LogP contribution is -2.60. The second-order valence-corrected chi connectivity index (χ2v) is 19.6. The van der Waals surface area contributed by atoms with E-state index >= 15 is 0 Å². The summed E-state index contributed by atoms with van der Waals surface area (Å²) >= 11 is 0. The van der Waals surface area contributed by atoms with Crippen molar-refractivity contribution in [1.29, 1.82) is 0 Å². The van der Waals surface area contributed by atoms with Crippen LogP contribution < -0.4 is 24.8 Å². The quantitative estimate of drug-likeness (QED) is 0.257. The van der Waals surface area contributed by atoms with Crippen LogP contribution in [0.5, 0.6) is 11.6 Å². The number of hydrogen-bond donors (Lipinski definition) is 3. The fraction of sp³-hybridized carbons (Fsp3) is 0.634. The third kappa shape index (κ3) is 8.97. The molecule has 1 unspecified atom stereocenters. The number of carbonyl (C=O) groups is 4. The van der Waals surface area contributed by atoms with Crippen molar-refractivity contribution < 1.29 is 55.0 Å². The summed E-state index contributed by atoms with van der Waals surface area (Å²) in [5.41, 5.74) is -3.89. The van der Waals surface area contributed by atoms with E-state index in [1.165, 1.54) is 37.3 Å². The molecule has 3 fully saturated rings. The summed E-state index contributed by atoms with van der Waals surface area (Å²) in [4.78, 5) is 62.4.